The summed E-state index contributed by atoms with van der Waals surface area (Å²) in [5.41, 5.74) is 1.89. The van der Waals surface area contributed by atoms with Gasteiger partial charge in [0.25, 0.3) is 0 Å². The molecule has 7 heteroatoms. The molecule has 3 aromatic rings. The van der Waals surface area contributed by atoms with E-state index < -0.39 is 0 Å². The summed E-state index contributed by atoms with van der Waals surface area (Å²) >= 11 is 7.81. The number of aromatic nitrogens is 2. The van der Waals surface area contributed by atoms with Crippen LogP contribution in [0.4, 0.5) is 5.82 Å². The van der Waals surface area contributed by atoms with Crippen molar-refractivity contribution < 1.29 is 4.79 Å². The minimum atomic E-state index is -0.0851. The van der Waals surface area contributed by atoms with E-state index in [-0.39, 0.29) is 11.9 Å². The third-order valence-electron chi connectivity index (χ3n) is 4.84. The van der Waals surface area contributed by atoms with Gasteiger partial charge in [-0.2, -0.15) is 5.10 Å². The van der Waals surface area contributed by atoms with E-state index in [0.29, 0.717) is 5.02 Å². The van der Waals surface area contributed by atoms with Crippen LogP contribution in [0.5, 0.6) is 0 Å². The largest absolute Gasteiger partial charge is 0.355 e. The Hall–Kier alpha value is -2.57. The van der Waals surface area contributed by atoms with Gasteiger partial charge in [0, 0.05) is 36.3 Å². The zero-order chi connectivity index (χ0) is 19.3. The van der Waals surface area contributed by atoms with Gasteiger partial charge in [-0.05, 0) is 42.0 Å². The van der Waals surface area contributed by atoms with Gasteiger partial charge in [0.1, 0.15) is 0 Å². The normalized spacial score (nSPS) is 15.2. The van der Waals surface area contributed by atoms with Crippen LogP contribution in [-0.2, 0) is 4.79 Å². The number of piperidine rings is 1. The number of amides is 1. The lowest BCUT2D eigenvalue weighted by Gasteiger charge is -2.32. The number of H-pyrrole nitrogens is 1. The third kappa shape index (κ3) is 4.46. The highest BCUT2D eigenvalue weighted by Gasteiger charge is 2.22. The summed E-state index contributed by atoms with van der Waals surface area (Å²) < 4.78 is 0. The van der Waals surface area contributed by atoms with Crippen LogP contribution in [-0.4, -0.2) is 35.2 Å². The maximum Gasteiger partial charge on any atom is 0.244 e. The van der Waals surface area contributed by atoms with Gasteiger partial charge in [-0.25, -0.2) is 0 Å². The number of aromatic amines is 1. The van der Waals surface area contributed by atoms with Crippen molar-refractivity contribution in [2.45, 2.75) is 18.9 Å². The highest BCUT2D eigenvalue weighted by atomic mass is 35.5. The van der Waals surface area contributed by atoms with Crippen molar-refractivity contribution in [3.05, 3.63) is 64.5 Å². The number of nitrogens with zero attached hydrogens (tertiary/aromatic N) is 2. The van der Waals surface area contributed by atoms with E-state index in [1.807, 2.05) is 30.3 Å². The fourth-order valence-electron chi connectivity index (χ4n) is 3.31. The van der Waals surface area contributed by atoms with Gasteiger partial charge in [-0.3, -0.25) is 9.89 Å². The molecule has 1 aliphatic rings. The SMILES string of the molecule is O=C(/C=C/c1ccccc1Cl)NC1CCN(c2cc(-c3cccs3)[nH]n2)CC1. The molecular formula is C21H21ClN4OS. The topological polar surface area (TPSA) is 61.0 Å². The molecule has 0 spiro atoms. The Labute approximate surface area is 173 Å². The first-order valence-electron chi connectivity index (χ1n) is 9.26. The number of hydrogen-bond donors (Lipinski definition) is 2. The zero-order valence-corrected chi connectivity index (χ0v) is 16.8. The van der Waals surface area contributed by atoms with Gasteiger partial charge in [0.15, 0.2) is 5.82 Å². The molecule has 0 bridgehead atoms. The minimum Gasteiger partial charge on any atom is -0.355 e. The van der Waals surface area contributed by atoms with Crippen LogP contribution < -0.4 is 10.2 Å². The first kappa shape index (κ1) is 18.8. The number of thiophene rings is 1. The number of carbonyl (C=O) groups is 1. The lowest BCUT2D eigenvalue weighted by molar-refractivity contribution is -0.117. The molecule has 1 fully saturated rings. The Morgan fingerprint density at radius 1 is 1.25 bits per heavy atom. The average Bonchev–Trinajstić information content (AvgIpc) is 3.40. The highest BCUT2D eigenvalue weighted by molar-refractivity contribution is 7.13. The van der Waals surface area contributed by atoms with Crippen molar-refractivity contribution in [2.75, 3.05) is 18.0 Å². The van der Waals surface area contributed by atoms with Crippen LogP contribution in [0.15, 0.2) is 53.9 Å². The summed E-state index contributed by atoms with van der Waals surface area (Å²) in [4.78, 5) is 15.7. The molecule has 28 heavy (non-hydrogen) atoms. The molecule has 5 nitrogen and oxygen atoms in total. The Bertz CT molecular complexity index is 958. The number of rotatable bonds is 5. The van der Waals surface area contributed by atoms with Crippen LogP contribution in [0.25, 0.3) is 16.6 Å². The van der Waals surface area contributed by atoms with Gasteiger partial charge in [-0.15, -0.1) is 11.3 Å². The second kappa shape index (κ2) is 8.63. The molecule has 2 N–H and O–H groups in total. The van der Waals surface area contributed by atoms with Crippen molar-refractivity contribution in [1.29, 1.82) is 0 Å². The van der Waals surface area contributed by atoms with E-state index >= 15 is 0 Å². The number of hydrogen-bond acceptors (Lipinski definition) is 4. The molecule has 1 aromatic carbocycles. The predicted octanol–water partition coefficient (Wildman–Crippen LogP) is 4.59. The summed E-state index contributed by atoms with van der Waals surface area (Å²) in [6.07, 6.45) is 5.09. The number of nitrogens with one attached hydrogen (secondary N) is 2. The summed E-state index contributed by atoms with van der Waals surface area (Å²) in [5, 5.41) is 13.3. The van der Waals surface area contributed by atoms with Crippen LogP contribution in [0, 0.1) is 0 Å². The molecule has 1 saturated heterocycles. The molecule has 1 amide bonds. The van der Waals surface area contributed by atoms with Crippen LogP contribution in [0.2, 0.25) is 5.02 Å². The van der Waals surface area contributed by atoms with Crippen molar-refractivity contribution in [3.8, 4) is 10.6 Å². The molecule has 144 valence electrons. The molecule has 1 aliphatic heterocycles. The standard InChI is InChI=1S/C21H21ClN4OS/c22-17-5-2-1-4-15(17)7-8-21(27)23-16-9-11-26(12-10-16)20-14-18(24-25-20)19-6-3-13-28-19/h1-8,13-14,16H,9-12H2,(H,23,27)(H,24,25)/b8-7+. The van der Waals surface area contributed by atoms with E-state index in [4.69, 9.17) is 11.6 Å². The highest BCUT2D eigenvalue weighted by Crippen LogP contribution is 2.27. The number of carbonyl (C=O) groups excluding carboxylic acids is 1. The van der Waals surface area contributed by atoms with Crippen molar-refractivity contribution >= 4 is 40.7 Å². The molecule has 0 atom stereocenters. The van der Waals surface area contributed by atoms with Crippen LogP contribution >= 0.6 is 22.9 Å². The van der Waals surface area contributed by atoms with Crippen LogP contribution in [0.3, 0.4) is 0 Å². The Morgan fingerprint density at radius 2 is 2.07 bits per heavy atom. The first-order chi connectivity index (χ1) is 13.7. The average molecular weight is 413 g/mol. The summed E-state index contributed by atoms with van der Waals surface area (Å²) in [7, 11) is 0. The number of halogens is 1. The van der Waals surface area contributed by atoms with Crippen LogP contribution in [0.1, 0.15) is 18.4 Å². The summed E-state index contributed by atoms with van der Waals surface area (Å²) in [6, 6.07) is 13.9. The second-order valence-electron chi connectivity index (χ2n) is 6.74. The Balaban J connectivity index is 1.28. The van der Waals surface area contributed by atoms with E-state index in [0.717, 1.165) is 43.0 Å². The molecule has 3 heterocycles. The van der Waals surface area contributed by atoms with Crippen molar-refractivity contribution in [2.24, 2.45) is 0 Å². The van der Waals surface area contributed by atoms with Crippen molar-refractivity contribution in [3.63, 3.8) is 0 Å². The van der Waals surface area contributed by atoms with Gasteiger partial charge < -0.3 is 10.2 Å². The monoisotopic (exact) mass is 412 g/mol. The van der Waals surface area contributed by atoms with E-state index in [9.17, 15) is 4.79 Å². The first-order valence-corrected chi connectivity index (χ1v) is 10.5. The molecule has 2 aromatic heterocycles. The van der Waals surface area contributed by atoms with Gasteiger partial charge in [-0.1, -0.05) is 35.9 Å². The smallest absolute Gasteiger partial charge is 0.244 e. The number of benzene rings is 1. The van der Waals surface area contributed by atoms with E-state index in [1.54, 1.807) is 23.5 Å². The molecule has 0 saturated carbocycles. The second-order valence-corrected chi connectivity index (χ2v) is 8.10. The lowest BCUT2D eigenvalue weighted by atomic mass is 10.0. The lowest BCUT2D eigenvalue weighted by Crippen LogP contribution is -2.44. The fraction of sp³-hybridized carbons (Fsp3) is 0.238. The maximum absolute atomic E-state index is 12.2. The molecule has 0 unspecified atom stereocenters. The van der Waals surface area contributed by atoms with Gasteiger partial charge in [0.05, 0.1) is 10.6 Å². The molecule has 0 aliphatic carbocycles. The zero-order valence-electron chi connectivity index (χ0n) is 15.3. The predicted molar refractivity (Wildman–Crippen MR) is 116 cm³/mol. The molecular weight excluding hydrogens is 392 g/mol. The maximum atomic E-state index is 12.2. The summed E-state index contributed by atoms with van der Waals surface area (Å²) in [6.45, 7) is 1.74. The molecule has 4 rings (SSSR count). The van der Waals surface area contributed by atoms with Gasteiger partial charge in [0.2, 0.25) is 5.91 Å². The van der Waals surface area contributed by atoms with Crippen molar-refractivity contribution in [1.82, 2.24) is 15.5 Å². The third-order valence-corrected chi connectivity index (χ3v) is 6.08. The van der Waals surface area contributed by atoms with E-state index in [1.165, 1.54) is 4.88 Å². The summed E-state index contributed by atoms with van der Waals surface area (Å²) in [5.74, 6) is 0.880. The quantitative estimate of drug-likeness (QED) is 0.602. The fourth-order valence-corrected chi connectivity index (χ4v) is 4.20. The van der Waals surface area contributed by atoms with Gasteiger partial charge >= 0.3 is 0 Å². The molecule has 0 radical (unpaired) electrons. The minimum absolute atomic E-state index is 0.0851. The Morgan fingerprint density at radius 3 is 2.82 bits per heavy atom. The van der Waals surface area contributed by atoms with E-state index in [2.05, 4.69) is 37.9 Å². The number of anilines is 1. The Kier molecular flexibility index (Phi) is 5.78.